The third-order valence-corrected chi connectivity index (χ3v) is 4.67. The molecule has 0 aliphatic heterocycles. The van der Waals surface area contributed by atoms with Crippen molar-refractivity contribution in [1.82, 2.24) is 4.98 Å². The van der Waals surface area contributed by atoms with E-state index >= 15 is 0 Å². The van der Waals surface area contributed by atoms with Gasteiger partial charge in [0.25, 0.3) is 0 Å². The lowest BCUT2D eigenvalue weighted by atomic mass is 10.00. The quantitative estimate of drug-likeness (QED) is 0.560. The van der Waals surface area contributed by atoms with E-state index < -0.39 is 5.97 Å². The molecule has 120 valence electrons. The van der Waals surface area contributed by atoms with Gasteiger partial charge in [0, 0.05) is 33.3 Å². The van der Waals surface area contributed by atoms with Gasteiger partial charge in [-0.1, -0.05) is 23.4 Å². The fourth-order valence-electron chi connectivity index (χ4n) is 2.38. The highest BCUT2D eigenvalue weighted by Gasteiger charge is 2.17. The number of carbonyl (C=O) groups excluding carboxylic acids is 1. The molecule has 0 aliphatic carbocycles. The number of pyridine rings is 1. The van der Waals surface area contributed by atoms with Gasteiger partial charge in [0.15, 0.2) is 0 Å². The van der Waals surface area contributed by atoms with Crippen molar-refractivity contribution < 1.29 is 14.6 Å². The topological polar surface area (TPSA) is 59.4 Å². The molecule has 1 N–H and O–H groups in total. The summed E-state index contributed by atoms with van der Waals surface area (Å²) >= 11 is 7.56. The van der Waals surface area contributed by atoms with E-state index in [2.05, 4.69) is 16.8 Å². The molecule has 0 unspecified atom stereocenters. The Balaban J connectivity index is 2.26. The number of esters is 1. The van der Waals surface area contributed by atoms with E-state index in [1.165, 1.54) is 18.4 Å². The van der Waals surface area contributed by atoms with Gasteiger partial charge < -0.3 is 9.84 Å². The Kier molecular flexibility index (Phi) is 4.81. The maximum absolute atomic E-state index is 11.9. The van der Waals surface area contributed by atoms with Gasteiger partial charge in [-0.3, -0.25) is 4.98 Å². The van der Waals surface area contributed by atoms with Crippen LogP contribution in [0, 0.1) is 11.8 Å². The number of benzene rings is 1. The summed E-state index contributed by atoms with van der Waals surface area (Å²) in [6.45, 7) is -0.223. The van der Waals surface area contributed by atoms with Crippen molar-refractivity contribution >= 4 is 39.1 Å². The second-order valence-electron chi connectivity index (χ2n) is 4.83. The van der Waals surface area contributed by atoms with Gasteiger partial charge in [-0.2, -0.15) is 0 Å². The predicted molar refractivity (Wildman–Crippen MR) is 95.4 cm³/mol. The molecule has 2 aromatic heterocycles. The van der Waals surface area contributed by atoms with Crippen molar-refractivity contribution in [3.05, 3.63) is 52.0 Å². The number of thiophene rings is 1. The number of halogens is 1. The Labute approximate surface area is 147 Å². The van der Waals surface area contributed by atoms with E-state index in [-0.39, 0.29) is 6.61 Å². The van der Waals surface area contributed by atoms with E-state index in [4.69, 9.17) is 21.4 Å². The van der Waals surface area contributed by atoms with E-state index in [0.29, 0.717) is 16.1 Å². The molecule has 0 bridgehead atoms. The molecule has 3 rings (SSSR count). The fraction of sp³-hybridized carbons (Fsp3) is 0.111. The van der Waals surface area contributed by atoms with Crippen molar-refractivity contribution in [3.63, 3.8) is 0 Å². The monoisotopic (exact) mass is 357 g/mol. The standard InChI is InChI=1S/C18H12ClNO3S/c1-23-18(22)15-10-24-17-13(6-7-20-16(15)17)14-9-12(19)5-4-11(14)3-2-8-21/h4-7,9-10,21H,8H2,1H3. The number of hydrogen-bond donors (Lipinski definition) is 1. The van der Waals surface area contributed by atoms with Crippen LogP contribution in [0.4, 0.5) is 0 Å². The molecular weight excluding hydrogens is 346 g/mol. The van der Waals surface area contributed by atoms with E-state index in [1.54, 1.807) is 23.7 Å². The van der Waals surface area contributed by atoms with Crippen molar-refractivity contribution in [2.45, 2.75) is 0 Å². The summed E-state index contributed by atoms with van der Waals surface area (Å²) in [5, 5.41) is 11.3. The van der Waals surface area contributed by atoms with E-state index in [9.17, 15) is 4.79 Å². The highest BCUT2D eigenvalue weighted by molar-refractivity contribution is 7.18. The van der Waals surface area contributed by atoms with Crippen LogP contribution in [0.15, 0.2) is 35.8 Å². The average Bonchev–Trinajstić information content (AvgIpc) is 3.04. The van der Waals surface area contributed by atoms with Crippen LogP contribution in [0.25, 0.3) is 21.3 Å². The number of aliphatic hydroxyl groups is 1. The largest absolute Gasteiger partial charge is 0.465 e. The lowest BCUT2D eigenvalue weighted by Crippen LogP contribution is -2.00. The molecule has 0 saturated heterocycles. The number of ether oxygens (including phenoxy) is 1. The van der Waals surface area contributed by atoms with Crippen LogP contribution in [-0.4, -0.2) is 29.8 Å². The summed E-state index contributed by atoms with van der Waals surface area (Å²) in [6, 6.07) is 7.23. The summed E-state index contributed by atoms with van der Waals surface area (Å²) < 4.78 is 5.65. The maximum Gasteiger partial charge on any atom is 0.340 e. The third-order valence-electron chi connectivity index (χ3n) is 3.43. The first-order valence-corrected chi connectivity index (χ1v) is 8.25. The van der Waals surface area contributed by atoms with Crippen LogP contribution in [0.3, 0.4) is 0 Å². The molecule has 0 amide bonds. The molecule has 1 aromatic carbocycles. The molecular formula is C18H12ClNO3S. The summed E-state index contributed by atoms with van der Waals surface area (Å²) in [5.74, 6) is 5.16. The minimum absolute atomic E-state index is 0.223. The molecule has 0 aliphatic rings. The Morgan fingerprint density at radius 3 is 2.96 bits per heavy atom. The number of carbonyl (C=O) groups is 1. The summed E-state index contributed by atoms with van der Waals surface area (Å²) in [6.07, 6.45) is 1.64. The number of fused-ring (bicyclic) bond motifs is 1. The number of methoxy groups -OCH3 is 1. The van der Waals surface area contributed by atoms with Crippen LogP contribution < -0.4 is 0 Å². The minimum atomic E-state index is -0.419. The number of aromatic nitrogens is 1. The van der Waals surface area contributed by atoms with Gasteiger partial charge in [0.2, 0.25) is 0 Å². The zero-order chi connectivity index (χ0) is 17.1. The first-order valence-electron chi connectivity index (χ1n) is 7.00. The lowest BCUT2D eigenvalue weighted by Gasteiger charge is -2.07. The molecule has 0 saturated carbocycles. The number of aliphatic hydroxyl groups excluding tert-OH is 1. The summed E-state index contributed by atoms with van der Waals surface area (Å²) in [4.78, 5) is 16.2. The molecule has 24 heavy (non-hydrogen) atoms. The minimum Gasteiger partial charge on any atom is -0.465 e. The molecule has 0 atom stereocenters. The fourth-order valence-corrected chi connectivity index (χ4v) is 3.58. The Morgan fingerprint density at radius 2 is 2.21 bits per heavy atom. The van der Waals surface area contributed by atoms with Crippen molar-refractivity contribution in [2.75, 3.05) is 13.7 Å². The maximum atomic E-state index is 11.9. The zero-order valence-corrected chi connectivity index (χ0v) is 14.2. The highest BCUT2D eigenvalue weighted by Crippen LogP contribution is 2.36. The normalized spacial score (nSPS) is 10.3. The lowest BCUT2D eigenvalue weighted by molar-refractivity contribution is 0.0603. The SMILES string of the molecule is COC(=O)c1csc2c(-c3cc(Cl)ccc3C#CCO)ccnc12. The van der Waals surface area contributed by atoms with Crippen LogP contribution in [-0.2, 0) is 4.74 Å². The van der Waals surface area contributed by atoms with Gasteiger partial charge in [-0.05, 0) is 24.3 Å². The average molecular weight is 358 g/mol. The van der Waals surface area contributed by atoms with E-state index in [1.807, 2.05) is 12.1 Å². The van der Waals surface area contributed by atoms with Crippen LogP contribution >= 0.6 is 22.9 Å². The van der Waals surface area contributed by atoms with Gasteiger partial charge >= 0.3 is 5.97 Å². The van der Waals surface area contributed by atoms with Crippen LogP contribution in [0.2, 0.25) is 5.02 Å². The number of rotatable bonds is 2. The Hall–Kier alpha value is -2.39. The van der Waals surface area contributed by atoms with Crippen LogP contribution in [0.5, 0.6) is 0 Å². The molecule has 3 aromatic rings. The highest BCUT2D eigenvalue weighted by atomic mass is 35.5. The molecule has 6 heteroatoms. The smallest absolute Gasteiger partial charge is 0.340 e. The number of nitrogens with zero attached hydrogens (tertiary/aromatic N) is 1. The molecule has 4 nitrogen and oxygen atoms in total. The van der Waals surface area contributed by atoms with Gasteiger partial charge in [0.05, 0.1) is 22.9 Å². The van der Waals surface area contributed by atoms with Gasteiger partial charge in [-0.25, -0.2) is 4.79 Å². The summed E-state index contributed by atoms with van der Waals surface area (Å²) in [5.41, 5.74) is 3.47. The summed E-state index contributed by atoms with van der Waals surface area (Å²) in [7, 11) is 1.34. The predicted octanol–water partition coefficient (Wildman–Crippen LogP) is 3.75. The molecule has 2 heterocycles. The zero-order valence-electron chi connectivity index (χ0n) is 12.7. The molecule has 0 radical (unpaired) electrons. The Bertz CT molecular complexity index is 985. The van der Waals surface area contributed by atoms with Crippen molar-refractivity contribution in [1.29, 1.82) is 0 Å². The first kappa shape index (κ1) is 16.5. The van der Waals surface area contributed by atoms with Crippen LogP contribution in [0.1, 0.15) is 15.9 Å². The molecule has 0 fully saturated rings. The third kappa shape index (κ3) is 3.00. The van der Waals surface area contributed by atoms with Gasteiger partial charge in [-0.15, -0.1) is 11.3 Å². The van der Waals surface area contributed by atoms with E-state index in [0.717, 1.165) is 21.4 Å². The van der Waals surface area contributed by atoms with Crippen molar-refractivity contribution in [3.8, 4) is 23.0 Å². The first-order chi connectivity index (χ1) is 11.7. The second-order valence-corrected chi connectivity index (χ2v) is 6.14. The second kappa shape index (κ2) is 7.02. The molecule has 0 spiro atoms. The van der Waals surface area contributed by atoms with Gasteiger partial charge in [0.1, 0.15) is 6.61 Å². The van der Waals surface area contributed by atoms with Crippen molar-refractivity contribution in [2.24, 2.45) is 0 Å². The Morgan fingerprint density at radius 1 is 1.38 bits per heavy atom. The number of hydrogen-bond acceptors (Lipinski definition) is 5.